The SMILES string of the molecule is NC(=CC(=NCc1ccccc1F)c1ccon1)c1ncc(N2CCOCC2)c(N)n1. The van der Waals surface area contributed by atoms with Crippen molar-refractivity contribution in [1.82, 2.24) is 15.1 Å². The van der Waals surface area contributed by atoms with Crippen LogP contribution in [0.4, 0.5) is 15.9 Å². The minimum Gasteiger partial charge on any atom is -0.396 e. The Kier molecular flexibility index (Phi) is 6.18. The molecule has 4 N–H and O–H groups in total. The van der Waals surface area contributed by atoms with E-state index in [2.05, 4.69) is 25.0 Å². The Bertz CT molecular complexity index is 1090. The van der Waals surface area contributed by atoms with Gasteiger partial charge in [0.1, 0.15) is 17.8 Å². The van der Waals surface area contributed by atoms with Crippen molar-refractivity contribution in [3.63, 3.8) is 0 Å². The summed E-state index contributed by atoms with van der Waals surface area (Å²) in [5.74, 6) is 0.253. The van der Waals surface area contributed by atoms with E-state index in [1.165, 1.54) is 12.3 Å². The van der Waals surface area contributed by atoms with Crippen molar-refractivity contribution in [2.45, 2.75) is 6.54 Å². The van der Waals surface area contributed by atoms with E-state index in [0.717, 1.165) is 18.8 Å². The molecule has 3 aromatic rings. The molecule has 1 aliphatic rings. The number of aliphatic imine (C=N–C) groups is 1. The summed E-state index contributed by atoms with van der Waals surface area (Å²) in [7, 11) is 0. The summed E-state index contributed by atoms with van der Waals surface area (Å²) in [6.45, 7) is 2.80. The molecule has 160 valence electrons. The molecule has 9 nitrogen and oxygen atoms in total. The standard InChI is InChI=1S/C21H22FN7O2/c22-15-4-2-1-3-14(15)12-25-18(17-5-8-31-28-17)11-16(23)21-26-13-19(20(24)27-21)29-6-9-30-10-7-29/h1-5,8,11,13H,6-7,9-10,12,23H2,(H2,24,26,27). The van der Waals surface area contributed by atoms with Crippen molar-refractivity contribution >= 4 is 22.9 Å². The maximum Gasteiger partial charge on any atom is 0.177 e. The number of anilines is 2. The third-order valence-corrected chi connectivity index (χ3v) is 4.78. The predicted molar refractivity (Wildman–Crippen MR) is 115 cm³/mol. The molecule has 3 heterocycles. The smallest absolute Gasteiger partial charge is 0.177 e. The molecule has 1 fully saturated rings. The van der Waals surface area contributed by atoms with Crippen molar-refractivity contribution in [3.05, 3.63) is 71.8 Å². The summed E-state index contributed by atoms with van der Waals surface area (Å²) in [5.41, 5.74) is 14.7. The van der Waals surface area contributed by atoms with Gasteiger partial charge in [0.25, 0.3) is 0 Å². The number of benzene rings is 1. The third-order valence-electron chi connectivity index (χ3n) is 4.78. The summed E-state index contributed by atoms with van der Waals surface area (Å²) in [6, 6.07) is 8.07. The largest absolute Gasteiger partial charge is 0.396 e. The Labute approximate surface area is 178 Å². The number of hydrogen-bond donors (Lipinski definition) is 2. The first-order valence-corrected chi connectivity index (χ1v) is 9.73. The first-order chi connectivity index (χ1) is 15.1. The highest BCUT2D eigenvalue weighted by atomic mass is 19.1. The highest BCUT2D eigenvalue weighted by Crippen LogP contribution is 2.22. The maximum atomic E-state index is 14.0. The molecule has 0 atom stereocenters. The van der Waals surface area contributed by atoms with Crippen molar-refractivity contribution in [2.24, 2.45) is 10.7 Å². The summed E-state index contributed by atoms with van der Waals surface area (Å²) < 4.78 is 24.2. The summed E-state index contributed by atoms with van der Waals surface area (Å²) >= 11 is 0. The van der Waals surface area contributed by atoms with Crippen LogP contribution in [0.5, 0.6) is 0 Å². The zero-order chi connectivity index (χ0) is 21.6. The fourth-order valence-electron chi connectivity index (χ4n) is 3.13. The number of hydrogen-bond acceptors (Lipinski definition) is 9. The Hall–Kier alpha value is -3.79. The number of nitrogens with two attached hydrogens (primary N) is 2. The molecule has 0 amide bonds. The number of nitrogens with zero attached hydrogens (tertiary/aromatic N) is 5. The molecule has 0 radical (unpaired) electrons. The van der Waals surface area contributed by atoms with Gasteiger partial charge in [0.15, 0.2) is 11.6 Å². The van der Waals surface area contributed by atoms with Crippen LogP contribution in [0.15, 0.2) is 58.4 Å². The van der Waals surface area contributed by atoms with Gasteiger partial charge in [0, 0.05) is 24.7 Å². The molecule has 1 aromatic carbocycles. The first-order valence-electron chi connectivity index (χ1n) is 9.73. The number of morpholine rings is 1. The van der Waals surface area contributed by atoms with Crippen molar-refractivity contribution in [3.8, 4) is 0 Å². The average molecular weight is 423 g/mol. The number of halogens is 1. The van der Waals surface area contributed by atoms with E-state index in [1.807, 2.05) is 0 Å². The monoisotopic (exact) mass is 423 g/mol. The Morgan fingerprint density at radius 1 is 1.23 bits per heavy atom. The third kappa shape index (κ3) is 4.86. The molecule has 31 heavy (non-hydrogen) atoms. The normalized spacial score (nSPS) is 15.3. The number of allylic oxidation sites excluding steroid dienone is 1. The van der Waals surface area contributed by atoms with Gasteiger partial charge in [0.2, 0.25) is 0 Å². The Balaban J connectivity index is 1.60. The van der Waals surface area contributed by atoms with E-state index in [4.69, 9.17) is 20.7 Å². The lowest BCUT2D eigenvalue weighted by Crippen LogP contribution is -2.37. The molecule has 0 saturated carbocycles. The van der Waals surface area contributed by atoms with Gasteiger partial charge in [-0.15, -0.1) is 0 Å². The molecule has 0 spiro atoms. The molecule has 1 aliphatic heterocycles. The van der Waals surface area contributed by atoms with E-state index in [1.54, 1.807) is 36.5 Å². The highest BCUT2D eigenvalue weighted by Gasteiger charge is 2.16. The molecule has 10 heteroatoms. The van der Waals surface area contributed by atoms with Gasteiger partial charge in [-0.05, 0) is 12.1 Å². The number of rotatable bonds is 6. The van der Waals surface area contributed by atoms with Crippen LogP contribution in [0.3, 0.4) is 0 Å². The molecule has 0 unspecified atom stereocenters. The Morgan fingerprint density at radius 3 is 2.74 bits per heavy atom. The summed E-state index contributed by atoms with van der Waals surface area (Å²) in [4.78, 5) is 15.2. The van der Waals surface area contributed by atoms with Gasteiger partial charge in [0.05, 0.1) is 43.1 Å². The van der Waals surface area contributed by atoms with Crippen LogP contribution in [0.1, 0.15) is 17.1 Å². The number of ether oxygens (including phenoxy) is 1. The lowest BCUT2D eigenvalue weighted by Gasteiger charge is -2.29. The average Bonchev–Trinajstić information content (AvgIpc) is 3.33. The van der Waals surface area contributed by atoms with Crippen LogP contribution < -0.4 is 16.4 Å². The van der Waals surface area contributed by atoms with E-state index >= 15 is 0 Å². The van der Waals surface area contributed by atoms with Gasteiger partial charge in [-0.25, -0.2) is 14.4 Å². The van der Waals surface area contributed by atoms with Gasteiger partial charge >= 0.3 is 0 Å². The van der Waals surface area contributed by atoms with Gasteiger partial charge in [-0.1, -0.05) is 23.4 Å². The molecule has 0 bridgehead atoms. The van der Waals surface area contributed by atoms with E-state index < -0.39 is 0 Å². The number of nitrogen functional groups attached to an aromatic ring is 1. The molecule has 1 saturated heterocycles. The summed E-state index contributed by atoms with van der Waals surface area (Å²) in [5, 5.41) is 3.91. The van der Waals surface area contributed by atoms with Crippen LogP contribution in [-0.2, 0) is 11.3 Å². The van der Waals surface area contributed by atoms with Crippen molar-refractivity contribution in [2.75, 3.05) is 36.9 Å². The van der Waals surface area contributed by atoms with Crippen molar-refractivity contribution < 1.29 is 13.7 Å². The maximum absolute atomic E-state index is 14.0. The van der Waals surface area contributed by atoms with Crippen LogP contribution in [0.25, 0.3) is 5.70 Å². The van der Waals surface area contributed by atoms with Crippen molar-refractivity contribution in [1.29, 1.82) is 0 Å². The zero-order valence-corrected chi connectivity index (χ0v) is 16.7. The lowest BCUT2D eigenvalue weighted by atomic mass is 10.2. The van der Waals surface area contributed by atoms with Crippen LogP contribution in [0, 0.1) is 5.82 Å². The fraction of sp³-hybridized carbons (Fsp3) is 0.238. The van der Waals surface area contributed by atoms with Crippen LogP contribution in [0.2, 0.25) is 0 Å². The van der Waals surface area contributed by atoms with Gasteiger partial charge in [-0.3, -0.25) is 4.99 Å². The fourth-order valence-corrected chi connectivity index (χ4v) is 3.13. The zero-order valence-electron chi connectivity index (χ0n) is 16.7. The number of aromatic nitrogens is 3. The van der Waals surface area contributed by atoms with E-state index in [0.29, 0.717) is 36.0 Å². The molecule has 2 aromatic heterocycles. The van der Waals surface area contributed by atoms with Crippen LogP contribution in [-0.4, -0.2) is 47.1 Å². The lowest BCUT2D eigenvalue weighted by molar-refractivity contribution is 0.122. The van der Waals surface area contributed by atoms with Gasteiger partial charge in [-0.2, -0.15) is 0 Å². The van der Waals surface area contributed by atoms with Gasteiger partial charge < -0.3 is 25.6 Å². The molecule has 0 aliphatic carbocycles. The van der Waals surface area contributed by atoms with Crippen LogP contribution >= 0.6 is 0 Å². The Morgan fingerprint density at radius 2 is 2.03 bits per heavy atom. The molecule has 4 rings (SSSR count). The minimum absolute atomic E-state index is 0.109. The predicted octanol–water partition coefficient (Wildman–Crippen LogP) is 2.01. The topological polar surface area (TPSA) is 129 Å². The second kappa shape index (κ2) is 9.35. The highest BCUT2D eigenvalue weighted by molar-refractivity contribution is 6.10. The minimum atomic E-state index is -0.336. The molecular formula is C21H22FN7O2. The second-order valence-electron chi connectivity index (χ2n) is 6.84. The summed E-state index contributed by atoms with van der Waals surface area (Å²) in [6.07, 6.45) is 4.64. The first kappa shape index (κ1) is 20.5. The molecular weight excluding hydrogens is 401 g/mol. The quantitative estimate of drug-likeness (QED) is 0.576. The van der Waals surface area contributed by atoms with E-state index in [-0.39, 0.29) is 23.9 Å². The van der Waals surface area contributed by atoms with E-state index in [9.17, 15) is 4.39 Å². The second-order valence-corrected chi connectivity index (χ2v) is 6.84.